The number of carboxylic acids is 1. The zero-order valence-electron chi connectivity index (χ0n) is 23.7. The molecule has 0 saturated carbocycles. The molecule has 0 aliphatic carbocycles. The van der Waals surface area contributed by atoms with Gasteiger partial charge in [0, 0.05) is 30.3 Å². The molecule has 1 N–H and O–H groups in total. The second-order valence-electron chi connectivity index (χ2n) is 10.6. The molecule has 5 rings (SSSR count). The number of carbonyl (C=O) groups excluding carboxylic acids is 1. The first-order chi connectivity index (χ1) is 19.9. The van der Waals surface area contributed by atoms with Crippen LogP contribution in [-0.2, 0) is 13.0 Å². The van der Waals surface area contributed by atoms with E-state index in [4.69, 9.17) is 4.98 Å². The van der Waals surface area contributed by atoms with Crippen LogP contribution < -0.4 is 4.90 Å². The maximum atomic E-state index is 13.5. The van der Waals surface area contributed by atoms with Crippen molar-refractivity contribution in [1.82, 2.24) is 9.55 Å². The molecule has 6 nitrogen and oxygen atoms in total. The van der Waals surface area contributed by atoms with Gasteiger partial charge >= 0.3 is 5.97 Å². The number of anilines is 1. The van der Waals surface area contributed by atoms with E-state index in [9.17, 15) is 14.7 Å². The molecule has 1 aromatic heterocycles. The number of hydrogen-bond acceptors (Lipinski definition) is 3. The van der Waals surface area contributed by atoms with Crippen molar-refractivity contribution in [1.29, 1.82) is 0 Å². The van der Waals surface area contributed by atoms with Gasteiger partial charge in [-0.05, 0) is 73.4 Å². The number of unbranched alkanes of at least 4 members (excludes halogenated alkanes) is 1. The number of fused-ring (bicyclic) bond motifs is 1. The number of benzene rings is 4. The van der Waals surface area contributed by atoms with Gasteiger partial charge < -0.3 is 14.6 Å². The summed E-state index contributed by atoms with van der Waals surface area (Å²) in [6.45, 7) is 6.85. The molecule has 0 aliphatic rings. The Hall–Kier alpha value is -4.71. The molecule has 0 fully saturated rings. The molecule has 1 heterocycles. The fourth-order valence-electron chi connectivity index (χ4n) is 5.28. The summed E-state index contributed by atoms with van der Waals surface area (Å²) in [6, 6.07) is 30.5. The Bertz CT molecular complexity index is 1670. The summed E-state index contributed by atoms with van der Waals surface area (Å²) in [5, 5.41) is 9.61. The molecule has 208 valence electrons. The monoisotopic (exact) mass is 545 g/mol. The molecule has 0 bridgehead atoms. The number of aryl methyl sites for hydroxylation is 1. The summed E-state index contributed by atoms with van der Waals surface area (Å²) >= 11 is 0. The van der Waals surface area contributed by atoms with Crippen molar-refractivity contribution in [2.75, 3.05) is 4.90 Å². The molecule has 0 radical (unpaired) electrons. The molecule has 0 aliphatic heterocycles. The first-order valence-corrected chi connectivity index (χ1v) is 14.2. The first kappa shape index (κ1) is 27.8. The fraction of sp³-hybridized carbons (Fsp3) is 0.229. The van der Waals surface area contributed by atoms with E-state index < -0.39 is 5.97 Å². The highest BCUT2D eigenvalue weighted by molar-refractivity contribution is 6.07. The third-order valence-electron chi connectivity index (χ3n) is 7.36. The largest absolute Gasteiger partial charge is 0.478 e. The number of nitrogens with zero attached hydrogens (tertiary/aromatic N) is 3. The second-order valence-corrected chi connectivity index (χ2v) is 10.6. The topological polar surface area (TPSA) is 75.4 Å². The van der Waals surface area contributed by atoms with E-state index in [1.54, 1.807) is 12.1 Å². The number of hydrogen-bond donors (Lipinski definition) is 1. The van der Waals surface area contributed by atoms with E-state index >= 15 is 0 Å². The van der Waals surface area contributed by atoms with Crippen LogP contribution in [0.15, 0.2) is 97.1 Å². The van der Waals surface area contributed by atoms with E-state index in [0.29, 0.717) is 17.7 Å². The van der Waals surface area contributed by atoms with E-state index in [2.05, 4.69) is 17.6 Å². The van der Waals surface area contributed by atoms with Gasteiger partial charge in [-0.15, -0.1) is 0 Å². The lowest BCUT2D eigenvalue weighted by atomic mass is 9.99. The van der Waals surface area contributed by atoms with E-state index in [1.807, 2.05) is 97.6 Å². The zero-order chi connectivity index (χ0) is 28.9. The third-order valence-corrected chi connectivity index (χ3v) is 7.36. The highest BCUT2D eigenvalue weighted by Crippen LogP contribution is 2.29. The Kier molecular flexibility index (Phi) is 8.29. The molecule has 6 heteroatoms. The summed E-state index contributed by atoms with van der Waals surface area (Å²) in [5.41, 5.74) is 6.32. The number of aromatic nitrogens is 2. The van der Waals surface area contributed by atoms with Gasteiger partial charge in [0.1, 0.15) is 5.82 Å². The average Bonchev–Trinajstić information content (AvgIpc) is 3.33. The minimum atomic E-state index is -0.938. The molecule has 5 aromatic rings. The minimum absolute atomic E-state index is 0.0303. The molecular formula is C35H35N3O3. The van der Waals surface area contributed by atoms with Crippen molar-refractivity contribution in [3.63, 3.8) is 0 Å². The van der Waals surface area contributed by atoms with Crippen molar-refractivity contribution in [2.24, 2.45) is 0 Å². The van der Waals surface area contributed by atoms with Gasteiger partial charge in [0.2, 0.25) is 0 Å². The van der Waals surface area contributed by atoms with Gasteiger partial charge in [0.25, 0.3) is 5.91 Å². The molecule has 0 spiro atoms. The van der Waals surface area contributed by atoms with Crippen LogP contribution in [0.5, 0.6) is 0 Å². The zero-order valence-corrected chi connectivity index (χ0v) is 23.7. The van der Waals surface area contributed by atoms with Crippen LogP contribution in [0.1, 0.15) is 65.7 Å². The smallest absolute Gasteiger partial charge is 0.336 e. The molecule has 0 unspecified atom stereocenters. The minimum Gasteiger partial charge on any atom is -0.478 e. The lowest BCUT2D eigenvalue weighted by Crippen LogP contribution is -2.37. The number of carboxylic acid groups (broad SMARTS) is 1. The summed E-state index contributed by atoms with van der Waals surface area (Å²) in [5.74, 6) is 0.0476. The van der Waals surface area contributed by atoms with Crippen LogP contribution in [0.4, 0.5) is 5.69 Å². The highest BCUT2D eigenvalue weighted by atomic mass is 16.4. The van der Waals surface area contributed by atoms with Gasteiger partial charge in [0.15, 0.2) is 0 Å². The first-order valence-electron chi connectivity index (χ1n) is 14.2. The number of imidazole rings is 1. The van der Waals surface area contributed by atoms with Gasteiger partial charge in [-0.2, -0.15) is 0 Å². The fourth-order valence-corrected chi connectivity index (χ4v) is 5.28. The highest BCUT2D eigenvalue weighted by Gasteiger charge is 2.22. The van der Waals surface area contributed by atoms with Crippen LogP contribution in [-0.4, -0.2) is 32.6 Å². The lowest BCUT2D eigenvalue weighted by Gasteiger charge is -2.27. The van der Waals surface area contributed by atoms with Crippen molar-refractivity contribution >= 4 is 28.6 Å². The molecule has 4 aromatic carbocycles. The van der Waals surface area contributed by atoms with Gasteiger partial charge in [-0.3, -0.25) is 4.79 Å². The maximum absolute atomic E-state index is 13.5. The molecular weight excluding hydrogens is 510 g/mol. The SMILES string of the molecule is CCCCc1nc2ccc(N(C(=O)c3ccccc3)C(C)C)cc2n1Cc1ccc(-c2ccccc2C(=O)O)cc1. The summed E-state index contributed by atoms with van der Waals surface area (Å²) in [7, 11) is 0. The van der Waals surface area contributed by atoms with Crippen molar-refractivity contribution in [2.45, 2.75) is 52.6 Å². The number of amides is 1. The Morgan fingerprint density at radius 1 is 0.902 bits per heavy atom. The maximum Gasteiger partial charge on any atom is 0.336 e. The summed E-state index contributed by atoms with van der Waals surface area (Å²) in [6.07, 6.45) is 2.96. The molecule has 0 saturated heterocycles. The van der Waals surface area contributed by atoms with E-state index in [-0.39, 0.29) is 17.5 Å². The van der Waals surface area contributed by atoms with Gasteiger partial charge in [0.05, 0.1) is 16.6 Å². The quantitative estimate of drug-likeness (QED) is 0.194. The number of carbonyl (C=O) groups is 2. The van der Waals surface area contributed by atoms with Crippen molar-refractivity contribution in [3.8, 4) is 11.1 Å². The lowest BCUT2D eigenvalue weighted by molar-refractivity contribution is 0.0697. The van der Waals surface area contributed by atoms with E-state index in [0.717, 1.165) is 52.9 Å². The van der Waals surface area contributed by atoms with Crippen LogP contribution in [0.2, 0.25) is 0 Å². The molecule has 1 amide bonds. The van der Waals surface area contributed by atoms with Crippen LogP contribution in [0.3, 0.4) is 0 Å². The number of rotatable bonds is 10. The Morgan fingerprint density at radius 3 is 2.29 bits per heavy atom. The third kappa shape index (κ3) is 5.92. The van der Waals surface area contributed by atoms with Crippen molar-refractivity contribution in [3.05, 3.63) is 120 Å². The molecule has 0 atom stereocenters. The van der Waals surface area contributed by atoms with Crippen LogP contribution in [0, 0.1) is 0 Å². The van der Waals surface area contributed by atoms with Gasteiger partial charge in [-0.25, -0.2) is 9.78 Å². The standard InChI is InChI=1S/C35H35N3O3/c1-4-5-15-33-36-31-21-20-28(38(24(2)3)34(39)27-11-7-6-8-12-27)22-32(31)37(33)23-25-16-18-26(19-17-25)29-13-9-10-14-30(29)35(40)41/h6-14,16-22,24H,4-5,15,23H2,1-3H3,(H,40,41). The summed E-state index contributed by atoms with van der Waals surface area (Å²) < 4.78 is 2.25. The molecule has 41 heavy (non-hydrogen) atoms. The predicted octanol–water partition coefficient (Wildman–Crippen LogP) is 7.85. The predicted molar refractivity (Wildman–Crippen MR) is 165 cm³/mol. The summed E-state index contributed by atoms with van der Waals surface area (Å²) in [4.78, 5) is 32.1. The van der Waals surface area contributed by atoms with Gasteiger partial charge in [-0.1, -0.05) is 74.0 Å². The normalized spacial score (nSPS) is 11.2. The van der Waals surface area contributed by atoms with Crippen LogP contribution >= 0.6 is 0 Å². The average molecular weight is 546 g/mol. The Morgan fingerprint density at radius 2 is 1.61 bits per heavy atom. The Balaban J connectivity index is 1.52. The van der Waals surface area contributed by atoms with Crippen LogP contribution in [0.25, 0.3) is 22.2 Å². The Labute approximate surface area is 240 Å². The van der Waals surface area contributed by atoms with Crippen molar-refractivity contribution < 1.29 is 14.7 Å². The second kappa shape index (κ2) is 12.2. The number of aromatic carboxylic acids is 1. The van der Waals surface area contributed by atoms with E-state index in [1.165, 1.54) is 0 Å².